The van der Waals surface area contributed by atoms with Gasteiger partial charge in [0.15, 0.2) is 24.7 Å². The Balaban J connectivity index is 1.44. The van der Waals surface area contributed by atoms with E-state index in [9.17, 15) is 9.59 Å². The van der Waals surface area contributed by atoms with Crippen LogP contribution in [0.2, 0.25) is 0 Å². The van der Waals surface area contributed by atoms with Crippen LogP contribution in [0.25, 0.3) is 0 Å². The van der Waals surface area contributed by atoms with Crippen LogP contribution in [0.4, 0.5) is 5.69 Å². The third kappa shape index (κ3) is 7.13. The molecule has 2 aromatic rings. The van der Waals surface area contributed by atoms with Gasteiger partial charge in [-0.2, -0.15) is 0 Å². The zero-order chi connectivity index (χ0) is 23.6. The number of amides is 1. The zero-order valence-electron chi connectivity index (χ0n) is 18.8. The topological polar surface area (TPSA) is 92.3 Å². The average molecular weight is 494 g/mol. The van der Waals surface area contributed by atoms with E-state index in [2.05, 4.69) is 5.32 Å². The van der Waals surface area contributed by atoms with Crippen molar-refractivity contribution in [2.45, 2.75) is 11.0 Å². The van der Waals surface area contributed by atoms with Gasteiger partial charge in [0.1, 0.15) is 5.75 Å². The molecule has 1 amide bonds. The highest BCUT2D eigenvalue weighted by Crippen LogP contribution is 2.44. The van der Waals surface area contributed by atoms with Gasteiger partial charge in [-0.3, -0.25) is 4.79 Å². The van der Waals surface area contributed by atoms with Crippen molar-refractivity contribution in [2.24, 2.45) is 0 Å². The fourth-order valence-corrected chi connectivity index (χ4v) is 5.98. The Hall–Kier alpha value is -2.72. The van der Waals surface area contributed by atoms with E-state index < -0.39 is 18.5 Å². The highest BCUT2D eigenvalue weighted by Gasteiger charge is 2.17. The first-order valence-electron chi connectivity index (χ1n) is 10.3. The molecule has 2 aromatic carbocycles. The molecule has 1 N–H and O–H groups in total. The second kappa shape index (κ2) is 12.5. The second-order valence-corrected chi connectivity index (χ2v) is 9.63. The quantitative estimate of drug-likeness (QED) is 0.490. The van der Waals surface area contributed by atoms with Crippen molar-refractivity contribution in [1.29, 1.82) is 0 Å². The van der Waals surface area contributed by atoms with Crippen LogP contribution in [0.5, 0.6) is 23.0 Å². The van der Waals surface area contributed by atoms with Gasteiger partial charge in [0.2, 0.25) is 5.75 Å². The number of anilines is 1. The molecule has 0 atom stereocenters. The number of carbonyl (C=O) groups is 2. The van der Waals surface area contributed by atoms with Crippen molar-refractivity contribution < 1.29 is 33.3 Å². The van der Waals surface area contributed by atoms with Gasteiger partial charge in [0.25, 0.3) is 5.91 Å². The normalized spacial score (nSPS) is 13.7. The van der Waals surface area contributed by atoms with E-state index in [1.165, 1.54) is 44.8 Å². The minimum atomic E-state index is -0.641. The zero-order valence-corrected chi connectivity index (χ0v) is 20.4. The van der Waals surface area contributed by atoms with E-state index >= 15 is 0 Å². The van der Waals surface area contributed by atoms with Crippen molar-refractivity contribution in [3.63, 3.8) is 0 Å². The second-order valence-electron chi connectivity index (χ2n) is 6.91. The minimum Gasteiger partial charge on any atom is -0.493 e. The Labute approximate surface area is 201 Å². The number of nitrogens with one attached hydrogen (secondary N) is 1. The van der Waals surface area contributed by atoms with Gasteiger partial charge < -0.3 is 29.0 Å². The van der Waals surface area contributed by atoms with Gasteiger partial charge in [-0.1, -0.05) is 12.1 Å². The summed E-state index contributed by atoms with van der Waals surface area (Å²) in [6.45, 7) is -0.738. The molecule has 0 saturated carbocycles. The number of esters is 1. The summed E-state index contributed by atoms with van der Waals surface area (Å²) in [5, 5.41) is 2.63. The van der Waals surface area contributed by atoms with Gasteiger partial charge in [-0.05, 0) is 35.6 Å². The van der Waals surface area contributed by atoms with Crippen LogP contribution in [0.3, 0.4) is 0 Å². The first-order valence-corrected chi connectivity index (χ1v) is 12.3. The largest absolute Gasteiger partial charge is 0.493 e. The van der Waals surface area contributed by atoms with E-state index in [1.807, 2.05) is 47.8 Å². The summed E-state index contributed by atoms with van der Waals surface area (Å²) in [7, 11) is 4.45. The van der Waals surface area contributed by atoms with Gasteiger partial charge >= 0.3 is 5.97 Å². The Morgan fingerprint density at radius 1 is 0.939 bits per heavy atom. The Morgan fingerprint density at radius 2 is 1.58 bits per heavy atom. The number of methoxy groups -OCH3 is 3. The molecule has 8 nitrogen and oxygen atoms in total. The van der Waals surface area contributed by atoms with E-state index in [1.54, 1.807) is 12.1 Å². The van der Waals surface area contributed by atoms with Crippen molar-refractivity contribution in [1.82, 2.24) is 0 Å². The molecule has 1 aliphatic rings. The predicted molar refractivity (Wildman–Crippen MR) is 130 cm³/mol. The maximum atomic E-state index is 12.2. The Morgan fingerprint density at radius 3 is 2.15 bits per heavy atom. The molecule has 0 aliphatic carbocycles. The fraction of sp³-hybridized carbons (Fsp3) is 0.391. The lowest BCUT2D eigenvalue weighted by Gasteiger charge is -2.21. The van der Waals surface area contributed by atoms with E-state index in [0.29, 0.717) is 33.3 Å². The molecule has 0 spiro atoms. The highest BCUT2D eigenvalue weighted by atomic mass is 32.2. The summed E-state index contributed by atoms with van der Waals surface area (Å²) in [6.07, 6.45) is 1.25. The lowest BCUT2D eigenvalue weighted by molar-refractivity contribution is -0.149. The van der Waals surface area contributed by atoms with Crippen LogP contribution in [0.15, 0.2) is 36.4 Å². The van der Waals surface area contributed by atoms with Gasteiger partial charge in [0, 0.05) is 17.8 Å². The van der Waals surface area contributed by atoms with Crippen LogP contribution >= 0.6 is 23.5 Å². The standard InChI is InChI=1S/C23H27NO7S2/c1-27-18-11-16(12-19(28-2)22(18)29-3)24-20(25)13-31-21(26)14-30-17-7-5-15(6-8-17)23-32-9-4-10-33-23/h5-8,11-12,23H,4,9-10,13-14H2,1-3H3,(H,24,25). The average Bonchev–Trinajstić information content (AvgIpc) is 2.86. The maximum absolute atomic E-state index is 12.2. The summed E-state index contributed by atoms with van der Waals surface area (Å²) in [5.74, 6) is 2.97. The maximum Gasteiger partial charge on any atom is 0.344 e. The molecule has 0 radical (unpaired) electrons. The van der Waals surface area contributed by atoms with Crippen molar-refractivity contribution >= 4 is 41.1 Å². The summed E-state index contributed by atoms with van der Waals surface area (Å²) in [6, 6.07) is 10.9. The number of rotatable bonds is 10. The van der Waals surface area contributed by atoms with Crippen molar-refractivity contribution in [3.05, 3.63) is 42.0 Å². The fourth-order valence-electron chi connectivity index (χ4n) is 3.08. The van der Waals surface area contributed by atoms with Crippen LogP contribution in [-0.4, -0.2) is 57.9 Å². The molecule has 3 rings (SSSR count). The van der Waals surface area contributed by atoms with Crippen molar-refractivity contribution in [2.75, 3.05) is 51.4 Å². The third-order valence-corrected chi connectivity index (χ3v) is 7.66. The van der Waals surface area contributed by atoms with Gasteiger partial charge in [0.05, 0.1) is 25.9 Å². The molecule has 0 aromatic heterocycles. The molecule has 1 heterocycles. The van der Waals surface area contributed by atoms with Crippen LogP contribution < -0.4 is 24.3 Å². The molecule has 1 saturated heterocycles. The van der Waals surface area contributed by atoms with E-state index in [0.717, 1.165) is 0 Å². The number of carbonyl (C=O) groups excluding carboxylic acids is 2. The highest BCUT2D eigenvalue weighted by molar-refractivity contribution is 8.16. The SMILES string of the molecule is COc1cc(NC(=O)COC(=O)COc2ccc(C3SCCCS3)cc2)cc(OC)c1OC. The molecule has 0 unspecified atom stereocenters. The van der Waals surface area contributed by atoms with E-state index in [4.69, 9.17) is 23.7 Å². The number of hydrogen-bond donors (Lipinski definition) is 1. The van der Waals surface area contributed by atoms with Crippen LogP contribution in [0, 0.1) is 0 Å². The van der Waals surface area contributed by atoms with Crippen LogP contribution in [0.1, 0.15) is 16.6 Å². The molecular weight excluding hydrogens is 466 g/mol. The third-order valence-electron chi connectivity index (χ3n) is 4.65. The predicted octanol–water partition coefficient (Wildman–Crippen LogP) is 4.14. The molecular formula is C23H27NO7S2. The summed E-state index contributed by atoms with van der Waals surface area (Å²) >= 11 is 3.89. The molecule has 33 heavy (non-hydrogen) atoms. The number of benzene rings is 2. The molecule has 0 bridgehead atoms. The monoisotopic (exact) mass is 493 g/mol. The van der Waals surface area contributed by atoms with Crippen LogP contribution in [-0.2, 0) is 14.3 Å². The van der Waals surface area contributed by atoms with E-state index in [-0.39, 0.29) is 6.61 Å². The molecule has 1 fully saturated rings. The summed E-state index contributed by atoms with van der Waals surface area (Å²) in [4.78, 5) is 24.2. The number of hydrogen-bond acceptors (Lipinski definition) is 9. The van der Waals surface area contributed by atoms with Gasteiger partial charge in [-0.15, -0.1) is 23.5 Å². The molecule has 1 aliphatic heterocycles. The lowest BCUT2D eigenvalue weighted by Crippen LogP contribution is -2.23. The van der Waals surface area contributed by atoms with Crippen molar-refractivity contribution in [3.8, 4) is 23.0 Å². The lowest BCUT2D eigenvalue weighted by atomic mass is 10.2. The minimum absolute atomic E-state index is 0.288. The molecule has 10 heteroatoms. The molecule has 178 valence electrons. The Bertz CT molecular complexity index is 921. The van der Waals surface area contributed by atoms with Gasteiger partial charge in [-0.25, -0.2) is 4.79 Å². The smallest absolute Gasteiger partial charge is 0.344 e. The first kappa shape index (κ1) is 24.9. The summed E-state index contributed by atoms with van der Waals surface area (Å²) in [5.41, 5.74) is 1.65. The number of ether oxygens (including phenoxy) is 5. The first-order chi connectivity index (χ1) is 16.0. The summed E-state index contributed by atoms with van der Waals surface area (Å²) < 4.78 is 26.7. The number of thioether (sulfide) groups is 2. The Kier molecular flexibility index (Phi) is 9.44.